The van der Waals surface area contributed by atoms with E-state index in [1.54, 1.807) is 0 Å². The van der Waals surface area contributed by atoms with Crippen molar-refractivity contribution in [3.05, 3.63) is 22.8 Å². The Kier molecular flexibility index (Phi) is 4.52. The Morgan fingerprint density at radius 3 is 2.76 bits per heavy atom. The molecule has 4 heteroatoms. The first-order valence-corrected chi connectivity index (χ1v) is 7.11. The van der Waals surface area contributed by atoms with Gasteiger partial charge in [0.1, 0.15) is 5.82 Å². The largest absolute Gasteiger partial charge is 0.355 e. The fourth-order valence-corrected chi connectivity index (χ4v) is 2.40. The molecule has 2 nitrogen and oxygen atoms in total. The molecule has 17 heavy (non-hydrogen) atoms. The summed E-state index contributed by atoms with van der Waals surface area (Å²) in [5.74, 6) is 2.21. The molecule has 0 amide bonds. The summed E-state index contributed by atoms with van der Waals surface area (Å²) in [7, 11) is 0. The van der Waals surface area contributed by atoms with Crippen LogP contribution in [0, 0.1) is 5.92 Å². The number of rotatable bonds is 6. The molecular weight excluding hydrogens is 255 g/mol. The smallest absolute Gasteiger partial charge is 0.147 e. The zero-order valence-electron chi connectivity index (χ0n) is 10.1. The van der Waals surface area contributed by atoms with Crippen molar-refractivity contribution >= 4 is 29.0 Å². The summed E-state index contributed by atoms with van der Waals surface area (Å²) < 4.78 is 0. The van der Waals surface area contributed by atoms with Gasteiger partial charge in [-0.05, 0) is 36.8 Å². The van der Waals surface area contributed by atoms with E-state index >= 15 is 0 Å². The molecule has 0 saturated heterocycles. The van der Waals surface area contributed by atoms with Crippen LogP contribution in [0.25, 0.3) is 0 Å². The predicted molar refractivity (Wildman–Crippen MR) is 74.0 cm³/mol. The van der Waals surface area contributed by atoms with Gasteiger partial charge in [-0.1, -0.05) is 18.5 Å². The van der Waals surface area contributed by atoms with Crippen LogP contribution in [0.4, 0.5) is 5.82 Å². The fourth-order valence-electron chi connectivity index (χ4n) is 1.94. The number of pyridine rings is 1. The van der Waals surface area contributed by atoms with Gasteiger partial charge in [-0.25, -0.2) is 4.98 Å². The van der Waals surface area contributed by atoms with Crippen molar-refractivity contribution in [3.63, 3.8) is 0 Å². The Morgan fingerprint density at radius 1 is 1.47 bits per heavy atom. The third-order valence-electron chi connectivity index (χ3n) is 3.00. The summed E-state index contributed by atoms with van der Waals surface area (Å²) in [6, 6.07) is 1.92. The number of hydrogen-bond donors (Lipinski definition) is 0. The van der Waals surface area contributed by atoms with E-state index in [-0.39, 0.29) is 0 Å². The first kappa shape index (κ1) is 13.0. The molecule has 94 valence electrons. The lowest BCUT2D eigenvalue weighted by Crippen LogP contribution is -2.27. The maximum Gasteiger partial charge on any atom is 0.147 e. The molecular formula is C13H18Cl2N2. The fraction of sp³-hybridized carbons (Fsp3) is 0.615. The topological polar surface area (TPSA) is 16.1 Å². The van der Waals surface area contributed by atoms with Gasteiger partial charge in [0.15, 0.2) is 0 Å². The molecule has 0 N–H and O–H groups in total. The molecule has 1 aliphatic rings. The monoisotopic (exact) mass is 272 g/mol. The minimum absolute atomic E-state index is 0.462. The van der Waals surface area contributed by atoms with Gasteiger partial charge in [0.25, 0.3) is 0 Å². The lowest BCUT2D eigenvalue weighted by Gasteiger charge is -2.24. The number of halogens is 2. The second-order valence-corrected chi connectivity index (χ2v) is 5.35. The Labute approximate surface area is 113 Å². The minimum atomic E-state index is 0.462. The molecule has 0 spiro atoms. The SMILES string of the molecule is CCCN(CC1CC1)c1ncc(CCl)cc1Cl. The Morgan fingerprint density at radius 2 is 2.24 bits per heavy atom. The van der Waals surface area contributed by atoms with Crippen molar-refractivity contribution in [3.8, 4) is 0 Å². The summed E-state index contributed by atoms with van der Waals surface area (Å²) >= 11 is 12.1. The number of nitrogens with zero attached hydrogens (tertiary/aromatic N) is 2. The van der Waals surface area contributed by atoms with E-state index < -0.39 is 0 Å². The van der Waals surface area contributed by atoms with Crippen LogP contribution in [0.15, 0.2) is 12.3 Å². The van der Waals surface area contributed by atoms with Crippen molar-refractivity contribution in [2.45, 2.75) is 32.1 Å². The zero-order valence-corrected chi connectivity index (χ0v) is 11.6. The van der Waals surface area contributed by atoms with Gasteiger partial charge in [-0.3, -0.25) is 0 Å². The van der Waals surface area contributed by atoms with Gasteiger partial charge < -0.3 is 4.90 Å². The number of hydrogen-bond acceptors (Lipinski definition) is 2. The quantitative estimate of drug-likeness (QED) is 0.725. The van der Waals surface area contributed by atoms with Crippen molar-refractivity contribution in [2.24, 2.45) is 5.92 Å². The van der Waals surface area contributed by atoms with Gasteiger partial charge >= 0.3 is 0 Å². The van der Waals surface area contributed by atoms with Gasteiger partial charge in [0, 0.05) is 25.2 Å². The molecule has 0 atom stereocenters. The van der Waals surface area contributed by atoms with Crippen LogP contribution in [0.2, 0.25) is 5.02 Å². The van der Waals surface area contributed by atoms with Gasteiger partial charge in [0.05, 0.1) is 5.02 Å². The van der Waals surface area contributed by atoms with Crippen LogP contribution in [0.5, 0.6) is 0 Å². The first-order chi connectivity index (χ1) is 8.24. The molecule has 1 saturated carbocycles. The number of anilines is 1. The highest BCUT2D eigenvalue weighted by molar-refractivity contribution is 6.33. The Balaban J connectivity index is 2.15. The highest BCUT2D eigenvalue weighted by Gasteiger charge is 2.25. The molecule has 0 bridgehead atoms. The lowest BCUT2D eigenvalue weighted by molar-refractivity contribution is 0.699. The minimum Gasteiger partial charge on any atom is -0.355 e. The molecule has 0 aliphatic heterocycles. The normalized spacial score (nSPS) is 15.0. The lowest BCUT2D eigenvalue weighted by atomic mass is 10.2. The maximum atomic E-state index is 6.28. The molecule has 1 heterocycles. The van der Waals surface area contributed by atoms with E-state index in [9.17, 15) is 0 Å². The van der Waals surface area contributed by atoms with E-state index in [0.717, 1.165) is 41.8 Å². The van der Waals surface area contributed by atoms with Crippen LogP contribution in [0.1, 0.15) is 31.7 Å². The van der Waals surface area contributed by atoms with Crippen molar-refractivity contribution in [1.29, 1.82) is 0 Å². The maximum absolute atomic E-state index is 6.28. The molecule has 1 aliphatic carbocycles. The standard InChI is InChI=1S/C13H18Cl2N2/c1-2-5-17(9-10-3-4-10)13-12(15)6-11(7-14)8-16-13/h6,8,10H,2-5,7,9H2,1H3. The Bertz CT molecular complexity index is 378. The second-order valence-electron chi connectivity index (χ2n) is 4.67. The predicted octanol–water partition coefficient (Wildman–Crippen LogP) is 4.10. The second kappa shape index (κ2) is 5.92. The van der Waals surface area contributed by atoms with E-state index in [2.05, 4.69) is 16.8 Å². The third kappa shape index (κ3) is 3.49. The van der Waals surface area contributed by atoms with Crippen LogP contribution >= 0.6 is 23.2 Å². The van der Waals surface area contributed by atoms with Gasteiger partial charge in [-0.15, -0.1) is 11.6 Å². The molecule has 1 aromatic heterocycles. The third-order valence-corrected chi connectivity index (χ3v) is 3.59. The molecule has 2 rings (SSSR count). The molecule has 0 radical (unpaired) electrons. The Hall–Kier alpha value is -0.470. The van der Waals surface area contributed by atoms with Crippen LogP contribution in [-0.4, -0.2) is 18.1 Å². The van der Waals surface area contributed by atoms with Crippen molar-refractivity contribution in [1.82, 2.24) is 4.98 Å². The first-order valence-electron chi connectivity index (χ1n) is 6.20. The number of aromatic nitrogens is 1. The molecule has 0 unspecified atom stereocenters. The molecule has 1 aromatic rings. The summed E-state index contributed by atoms with van der Waals surface area (Å²) in [6.07, 6.45) is 5.63. The molecule has 1 fully saturated rings. The van der Waals surface area contributed by atoms with Crippen molar-refractivity contribution in [2.75, 3.05) is 18.0 Å². The summed E-state index contributed by atoms with van der Waals surface area (Å²) in [5, 5.41) is 0.720. The summed E-state index contributed by atoms with van der Waals surface area (Å²) in [6.45, 7) is 4.28. The molecule has 0 aromatic carbocycles. The van der Waals surface area contributed by atoms with Crippen LogP contribution < -0.4 is 4.90 Å². The van der Waals surface area contributed by atoms with Gasteiger partial charge in [-0.2, -0.15) is 0 Å². The van der Waals surface area contributed by atoms with E-state index in [1.807, 2.05) is 12.3 Å². The van der Waals surface area contributed by atoms with Crippen molar-refractivity contribution < 1.29 is 0 Å². The average Bonchev–Trinajstić information content (AvgIpc) is 3.12. The average molecular weight is 273 g/mol. The zero-order chi connectivity index (χ0) is 12.3. The van der Waals surface area contributed by atoms with E-state index in [0.29, 0.717) is 5.88 Å². The highest BCUT2D eigenvalue weighted by Crippen LogP contribution is 2.33. The van der Waals surface area contributed by atoms with Crippen LogP contribution in [-0.2, 0) is 5.88 Å². The van der Waals surface area contributed by atoms with E-state index in [4.69, 9.17) is 23.2 Å². The summed E-state index contributed by atoms with van der Waals surface area (Å²) in [4.78, 5) is 6.76. The summed E-state index contributed by atoms with van der Waals surface area (Å²) in [5.41, 5.74) is 0.975. The van der Waals surface area contributed by atoms with Gasteiger partial charge in [0.2, 0.25) is 0 Å². The number of alkyl halides is 1. The van der Waals surface area contributed by atoms with Crippen LogP contribution in [0.3, 0.4) is 0 Å². The highest BCUT2D eigenvalue weighted by atomic mass is 35.5. The van der Waals surface area contributed by atoms with E-state index in [1.165, 1.54) is 12.8 Å².